The van der Waals surface area contributed by atoms with E-state index in [0.717, 1.165) is 0 Å². The summed E-state index contributed by atoms with van der Waals surface area (Å²) in [6.07, 6.45) is 0. The molecule has 0 radical (unpaired) electrons. The van der Waals surface area contributed by atoms with Crippen molar-refractivity contribution in [1.29, 1.82) is 0 Å². The van der Waals surface area contributed by atoms with E-state index in [0.29, 0.717) is 22.1 Å². The molecule has 0 saturated heterocycles. The first kappa shape index (κ1) is 13.7. The zero-order chi connectivity index (χ0) is 13.8. The SMILES string of the molecule is CC(C)Sc1ccc(C(=O)c2ccccc2N)cc1. The third-order valence-corrected chi connectivity index (χ3v) is 3.71. The highest BCUT2D eigenvalue weighted by molar-refractivity contribution is 7.99. The van der Waals surface area contributed by atoms with Gasteiger partial charge in [-0.15, -0.1) is 11.8 Å². The standard InChI is InChI=1S/C16H17NOS/c1-11(2)19-13-9-7-12(8-10-13)16(18)14-5-3-4-6-15(14)17/h3-11H,17H2,1-2H3. The molecule has 2 rings (SSSR count). The number of nitrogen functional groups attached to an aromatic ring is 1. The second kappa shape index (κ2) is 5.93. The van der Waals surface area contributed by atoms with Gasteiger partial charge in [-0.05, 0) is 36.4 Å². The van der Waals surface area contributed by atoms with Gasteiger partial charge in [-0.2, -0.15) is 0 Å². The molecule has 0 saturated carbocycles. The second-order valence-electron chi connectivity index (χ2n) is 4.61. The monoisotopic (exact) mass is 271 g/mol. The van der Waals surface area contributed by atoms with Gasteiger partial charge in [0.1, 0.15) is 0 Å². The highest BCUT2D eigenvalue weighted by atomic mass is 32.2. The van der Waals surface area contributed by atoms with Gasteiger partial charge >= 0.3 is 0 Å². The van der Waals surface area contributed by atoms with Crippen LogP contribution in [0.15, 0.2) is 53.4 Å². The number of carbonyl (C=O) groups excluding carboxylic acids is 1. The maximum Gasteiger partial charge on any atom is 0.195 e. The molecule has 98 valence electrons. The molecule has 0 bridgehead atoms. The van der Waals surface area contributed by atoms with Crippen molar-refractivity contribution in [2.45, 2.75) is 24.0 Å². The van der Waals surface area contributed by atoms with Crippen LogP contribution in [0.3, 0.4) is 0 Å². The normalized spacial score (nSPS) is 10.7. The summed E-state index contributed by atoms with van der Waals surface area (Å²) in [7, 11) is 0. The zero-order valence-corrected chi connectivity index (χ0v) is 11.9. The van der Waals surface area contributed by atoms with Crippen LogP contribution in [0.5, 0.6) is 0 Å². The minimum Gasteiger partial charge on any atom is -0.398 e. The number of para-hydroxylation sites is 1. The van der Waals surface area contributed by atoms with Crippen molar-refractivity contribution in [2.75, 3.05) is 5.73 Å². The van der Waals surface area contributed by atoms with E-state index in [2.05, 4.69) is 13.8 Å². The van der Waals surface area contributed by atoms with Crippen molar-refractivity contribution < 1.29 is 4.79 Å². The third kappa shape index (κ3) is 3.38. The quantitative estimate of drug-likeness (QED) is 0.519. The van der Waals surface area contributed by atoms with Gasteiger partial charge in [-0.1, -0.05) is 26.0 Å². The third-order valence-electron chi connectivity index (χ3n) is 2.69. The summed E-state index contributed by atoms with van der Waals surface area (Å²) in [5, 5.41) is 0.534. The molecule has 2 aromatic carbocycles. The lowest BCUT2D eigenvalue weighted by Crippen LogP contribution is -2.04. The molecule has 0 spiro atoms. The summed E-state index contributed by atoms with van der Waals surface area (Å²) >= 11 is 1.78. The van der Waals surface area contributed by atoms with E-state index in [1.165, 1.54) is 4.90 Å². The largest absolute Gasteiger partial charge is 0.398 e. The van der Waals surface area contributed by atoms with Gasteiger partial charge < -0.3 is 5.73 Å². The van der Waals surface area contributed by atoms with Gasteiger partial charge in [0.05, 0.1) is 0 Å². The summed E-state index contributed by atoms with van der Waals surface area (Å²) < 4.78 is 0. The lowest BCUT2D eigenvalue weighted by molar-refractivity contribution is 0.103. The van der Waals surface area contributed by atoms with Gasteiger partial charge in [0.25, 0.3) is 0 Å². The van der Waals surface area contributed by atoms with E-state index in [4.69, 9.17) is 5.73 Å². The molecule has 2 N–H and O–H groups in total. The van der Waals surface area contributed by atoms with Crippen molar-refractivity contribution >= 4 is 23.2 Å². The first-order chi connectivity index (χ1) is 9.08. The molecule has 0 aromatic heterocycles. The summed E-state index contributed by atoms with van der Waals surface area (Å²) in [6, 6.07) is 14.8. The van der Waals surface area contributed by atoms with Gasteiger partial charge in [-0.25, -0.2) is 0 Å². The maximum atomic E-state index is 12.3. The number of hydrogen-bond acceptors (Lipinski definition) is 3. The highest BCUT2D eigenvalue weighted by Gasteiger charge is 2.11. The molecule has 0 aliphatic rings. The molecule has 0 fully saturated rings. The van der Waals surface area contributed by atoms with Crippen LogP contribution in [-0.2, 0) is 0 Å². The number of thioether (sulfide) groups is 1. The van der Waals surface area contributed by atoms with Gasteiger partial charge in [0, 0.05) is 27.0 Å². The van der Waals surface area contributed by atoms with E-state index in [9.17, 15) is 4.79 Å². The Labute approximate surface area is 118 Å². The fraction of sp³-hybridized carbons (Fsp3) is 0.188. The van der Waals surface area contributed by atoms with Crippen molar-refractivity contribution in [1.82, 2.24) is 0 Å². The molecule has 0 atom stereocenters. The first-order valence-corrected chi connectivity index (χ1v) is 7.12. The Balaban J connectivity index is 2.23. The predicted molar refractivity (Wildman–Crippen MR) is 81.7 cm³/mol. The number of ketones is 1. The molecule has 0 aliphatic carbocycles. The lowest BCUT2D eigenvalue weighted by Gasteiger charge is -2.07. The smallest absolute Gasteiger partial charge is 0.195 e. The van der Waals surface area contributed by atoms with Crippen LogP contribution in [0.2, 0.25) is 0 Å². The van der Waals surface area contributed by atoms with Gasteiger partial charge in [-0.3, -0.25) is 4.79 Å². The first-order valence-electron chi connectivity index (χ1n) is 6.24. The Morgan fingerprint density at radius 3 is 2.26 bits per heavy atom. The van der Waals surface area contributed by atoms with Crippen molar-refractivity contribution in [2.24, 2.45) is 0 Å². The second-order valence-corrected chi connectivity index (χ2v) is 6.26. The number of hydrogen-bond donors (Lipinski definition) is 1. The minimum atomic E-state index is -0.0285. The molecule has 0 heterocycles. The molecule has 19 heavy (non-hydrogen) atoms. The summed E-state index contributed by atoms with van der Waals surface area (Å²) in [6.45, 7) is 4.29. The molecular formula is C16H17NOS. The number of carbonyl (C=O) groups is 1. The van der Waals surface area contributed by atoms with Crippen LogP contribution >= 0.6 is 11.8 Å². The Bertz CT molecular complexity index is 576. The van der Waals surface area contributed by atoms with Crippen molar-refractivity contribution in [3.63, 3.8) is 0 Å². The fourth-order valence-corrected chi connectivity index (χ4v) is 2.65. The van der Waals surface area contributed by atoms with Gasteiger partial charge in [0.15, 0.2) is 5.78 Å². The maximum absolute atomic E-state index is 12.3. The Kier molecular flexibility index (Phi) is 4.27. The summed E-state index contributed by atoms with van der Waals surface area (Å²) in [5.41, 5.74) is 7.59. The highest BCUT2D eigenvalue weighted by Crippen LogP contribution is 2.24. The fourth-order valence-electron chi connectivity index (χ4n) is 1.82. The van der Waals surface area contributed by atoms with Crippen LogP contribution in [0.4, 0.5) is 5.69 Å². The Morgan fingerprint density at radius 2 is 1.68 bits per heavy atom. The van der Waals surface area contributed by atoms with E-state index in [1.807, 2.05) is 36.4 Å². The Hall–Kier alpha value is -1.74. The van der Waals surface area contributed by atoms with E-state index in [-0.39, 0.29) is 5.78 Å². The minimum absolute atomic E-state index is 0.0285. The van der Waals surface area contributed by atoms with E-state index in [1.54, 1.807) is 23.9 Å². The van der Waals surface area contributed by atoms with Crippen LogP contribution < -0.4 is 5.73 Å². The molecule has 0 aliphatic heterocycles. The number of anilines is 1. The van der Waals surface area contributed by atoms with E-state index >= 15 is 0 Å². The number of rotatable bonds is 4. The number of nitrogens with two attached hydrogens (primary N) is 1. The van der Waals surface area contributed by atoms with Crippen molar-refractivity contribution in [3.8, 4) is 0 Å². The average Bonchev–Trinajstić information content (AvgIpc) is 2.39. The average molecular weight is 271 g/mol. The Morgan fingerprint density at radius 1 is 1.05 bits per heavy atom. The topological polar surface area (TPSA) is 43.1 Å². The molecule has 0 amide bonds. The van der Waals surface area contributed by atoms with E-state index < -0.39 is 0 Å². The van der Waals surface area contributed by atoms with Crippen LogP contribution in [0, 0.1) is 0 Å². The molecule has 0 unspecified atom stereocenters. The molecule has 3 heteroatoms. The van der Waals surface area contributed by atoms with Gasteiger partial charge in [0.2, 0.25) is 0 Å². The van der Waals surface area contributed by atoms with Crippen LogP contribution in [0.1, 0.15) is 29.8 Å². The molecule has 2 aromatic rings. The number of benzene rings is 2. The lowest BCUT2D eigenvalue weighted by atomic mass is 10.0. The van der Waals surface area contributed by atoms with Crippen LogP contribution in [0.25, 0.3) is 0 Å². The summed E-state index contributed by atoms with van der Waals surface area (Å²) in [5.74, 6) is -0.0285. The summed E-state index contributed by atoms with van der Waals surface area (Å²) in [4.78, 5) is 13.5. The van der Waals surface area contributed by atoms with Crippen molar-refractivity contribution in [3.05, 3.63) is 59.7 Å². The predicted octanol–water partition coefficient (Wildman–Crippen LogP) is 4.00. The van der Waals surface area contributed by atoms with Crippen LogP contribution in [-0.4, -0.2) is 11.0 Å². The zero-order valence-electron chi connectivity index (χ0n) is 11.1. The molecule has 2 nitrogen and oxygen atoms in total. The molecular weight excluding hydrogens is 254 g/mol.